The Bertz CT molecular complexity index is 494. The SMILES string of the molecule is Cc1cc(Cc2ccccc2)ccc1OCCN. The third-order valence-electron chi connectivity index (χ3n) is 2.87. The zero-order chi connectivity index (χ0) is 12.8. The lowest BCUT2D eigenvalue weighted by atomic mass is 10.0. The Hall–Kier alpha value is -1.80. The molecule has 0 saturated carbocycles. The summed E-state index contributed by atoms with van der Waals surface area (Å²) in [6.45, 7) is 3.18. The molecular weight excluding hydrogens is 222 g/mol. The van der Waals surface area contributed by atoms with Crippen molar-refractivity contribution in [3.05, 3.63) is 65.2 Å². The van der Waals surface area contributed by atoms with Crippen molar-refractivity contribution in [1.82, 2.24) is 0 Å². The monoisotopic (exact) mass is 241 g/mol. The summed E-state index contributed by atoms with van der Waals surface area (Å²) in [6, 6.07) is 16.8. The van der Waals surface area contributed by atoms with Crippen LogP contribution in [0.4, 0.5) is 0 Å². The standard InChI is InChI=1S/C16H19NO/c1-13-11-15(7-8-16(13)18-10-9-17)12-14-5-3-2-4-6-14/h2-8,11H,9-10,12,17H2,1H3. The molecule has 94 valence electrons. The molecule has 0 bridgehead atoms. The molecule has 0 saturated heterocycles. The Morgan fingerprint density at radius 1 is 1.00 bits per heavy atom. The van der Waals surface area contributed by atoms with E-state index in [9.17, 15) is 0 Å². The third kappa shape index (κ3) is 3.34. The van der Waals surface area contributed by atoms with Crippen molar-refractivity contribution in [3.8, 4) is 5.75 Å². The highest BCUT2D eigenvalue weighted by molar-refractivity contribution is 5.38. The fourth-order valence-electron chi connectivity index (χ4n) is 1.98. The van der Waals surface area contributed by atoms with Gasteiger partial charge in [-0.3, -0.25) is 0 Å². The van der Waals surface area contributed by atoms with Gasteiger partial charge in [-0.2, -0.15) is 0 Å². The first-order chi connectivity index (χ1) is 8.79. The van der Waals surface area contributed by atoms with Crippen molar-refractivity contribution in [2.45, 2.75) is 13.3 Å². The van der Waals surface area contributed by atoms with Gasteiger partial charge < -0.3 is 10.5 Å². The second kappa shape index (κ2) is 6.22. The topological polar surface area (TPSA) is 35.2 Å². The molecule has 0 radical (unpaired) electrons. The maximum Gasteiger partial charge on any atom is 0.122 e. The van der Waals surface area contributed by atoms with Crippen LogP contribution in [0.1, 0.15) is 16.7 Å². The van der Waals surface area contributed by atoms with Gasteiger partial charge in [-0.1, -0.05) is 42.5 Å². The van der Waals surface area contributed by atoms with Crippen molar-refractivity contribution in [2.24, 2.45) is 5.73 Å². The van der Waals surface area contributed by atoms with E-state index in [1.165, 1.54) is 11.1 Å². The number of ether oxygens (including phenoxy) is 1. The molecule has 2 N–H and O–H groups in total. The lowest BCUT2D eigenvalue weighted by Gasteiger charge is -2.10. The van der Waals surface area contributed by atoms with Gasteiger partial charge in [-0.15, -0.1) is 0 Å². The van der Waals surface area contributed by atoms with E-state index in [0.29, 0.717) is 13.2 Å². The summed E-state index contributed by atoms with van der Waals surface area (Å²) in [6.07, 6.45) is 0.957. The number of rotatable bonds is 5. The first kappa shape index (κ1) is 12.7. The second-order valence-electron chi connectivity index (χ2n) is 4.40. The molecular formula is C16H19NO. The van der Waals surface area contributed by atoms with E-state index < -0.39 is 0 Å². The summed E-state index contributed by atoms with van der Waals surface area (Å²) < 4.78 is 5.57. The predicted octanol–water partition coefficient (Wildman–Crippen LogP) is 2.92. The molecule has 0 atom stereocenters. The summed E-state index contributed by atoms with van der Waals surface area (Å²) >= 11 is 0. The molecule has 2 aromatic carbocycles. The molecule has 0 aliphatic rings. The Balaban J connectivity index is 2.09. The predicted molar refractivity (Wildman–Crippen MR) is 75.0 cm³/mol. The first-order valence-corrected chi connectivity index (χ1v) is 6.26. The normalized spacial score (nSPS) is 10.3. The van der Waals surface area contributed by atoms with Crippen molar-refractivity contribution < 1.29 is 4.74 Å². The zero-order valence-corrected chi connectivity index (χ0v) is 10.7. The van der Waals surface area contributed by atoms with E-state index in [1.54, 1.807) is 0 Å². The van der Waals surface area contributed by atoms with Crippen molar-refractivity contribution in [1.29, 1.82) is 0 Å². The fraction of sp³-hybridized carbons (Fsp3) is 0.250. The van der Waals surface area contributed by atoms with E-state index in [1.807, 2.05) is 12.1 Å². The third-order valence-corrected chi connectivity index (χ3v) is 2.87. The fourth-order valence-corrected chi connectivity index (χ4v) is 1.98. The zero-order valence-electron chi connectivity index (χ0n) is 10.7. The van der Waals surface area contributed by atoms with Crippen LogP contribution < -0.4 is 10.5 Å². The maximum absolute atomic E-state index is 5.57. The van der Waals surface area contributed by atoms with Crippen LogP contribution in [0.2, 0.25) is 0 Å². The number of hydrogen-bond donors (Lipinski definition) is 1. The summed E-state index contributed by atoms with van der Waals surface area (Å²) in [7, 11) is 0. The minimum absolute atomic E-state index is 0.547. The lowest BCUT2D eigenvalue weighted by molar-refractivity contribution is 0.326. The molecule has 0 fully saturated rings. The molecule has 2 rings (SSSR count). The molecule has 0 unspecified atom stereocenters. The summed E-state index contributed by atoms with van der Waals surface area (Å²) in [4.78, 5) is 0. The molecule has 18 heavy (non-hydrogen) atoms. The van der Waals surface area contributed by atoms with Gasteiger partial charge in [0.15, 0.2) is 0 Å². The summed E-state index contributed by atoms with van der Waals surface area (Å²) in [5.74, 6) is 0.928. The van der Waals surface area contributed by atoms with Crippen LogP contribution in [-0.4, -0.2) is 13.2 Å². The van der Waals surface area contributed by atoms with Gasteiger partial charge in [0.1, 0.15) is 12.4 Å². The van der Waals surface area contributed by atoms with E-state index in [4.69, 9.17) is 10.5 Å². The largest absolute Gasteiger partial charge is 0.492 e. The molecule has 2 heteroatoms. The average Bonchev–Trinajstić information content (AvgIpc) is 2.39. The first-order valence-electron chi connectivity index (χ1n) is 6.26. The molecule has 0 spiro atoms. The van der Waals surface area contributed by atoms with Gasteiger partial charge in [-0.25, -0.2) is 0 Å². The number of hydrogen-bond acceptors (Lipinski definition) is 2. The van der Waals surface area contributed by atoms with Gasteiger partial charge in [0.2, 0.25) is 0 Å². The number of benzene rings is 2. The maximum atomic E-state index is 5.57. The van der Waals surface area contributed by atoms with Crippen LogP contribution in [0.5, 0.6) is 5.75 Å². The highest BCUT2D eigenvalue weighted by atomic mass is 16.5. The van der Waals surface area contributed by atoms with Crippen LogP contribution in [0, 0.1) is 6.92 Å². The molecule has 2 aromatic rings. The number of nitrogens with two attached hydrogens (primary N) is 1. The van der Waals surface area contributed by atoms with E-state index in [2.05, 4.69) is 43.3 Å². The number of aryl methyl sites for hydroxylation is 1. The molecule has 2 nitrogen and oxygen atoms in total. The summed E-state index contributed by atoms with van der Waals surface area (Å²) in [5, 5.41) is 0. The quantitative estimate of drug-likeness (QED) is 0.873. The van der Waals surface area contributed by atoms with Gasteiger partial charge in [0, 0.05) is 6.54 Å². The molecule has 0 heterocycles. The average molecular weight is 241 g/mol. The Kier molecular flexibility index (Phi) is 4.37. The van der Waals surface area contributed by atoms with Crippen LogP contribution in [0.25, 0.3) is 0 Å². The second-order valence-corrected chi connectivity index (χ2v) is 4.40. The van der Waals surface area contributed by atoms with Crippen LogP contribution >= 0.6 is 0 Å². The van der Waals surface area contributed by atoms with E-state index >= 15 is 0 Å². The minimum atomic E-state index is 0.547. The highest BCUT2D eigenvalue weighted by Crippen LogP contribution is 2.20. The van der Waals surface area contributed by atoms with Gasteiger partial charge in [0.25, 0.3) is 0 Å². The Labute approximate surface area is 108 Å². The molecule has 0 aromatic heterocycles. The molecule has 0 amide bonds. The highest BCUT2D eigenvalue weighted by Gasteiger charge is 2.02. The molecule has 0 aliphatic heterocycles. The van der Waals surface area contributed by atoms with Gasteiger partial charge in [0.05, 0.1) is 0 Å². The van der Waals surface area contributed by atoms with E-state index in [-0.39, 0.29) is 0 Å². The van der Waals surface area contributed by atoms with E-state index in [0.717, 1.165) is 17.7 Å². The lowest BCUT2D eigenvalue weighted by Crippen LogP contribution is -2.11. The molecule has 0 aliphatic carbocycles. The minimum Gasteiger partial charge on any atom is -0.492 e. The van der Waals surface area contributed by atoms with Gasteiger partial charge in [-0.05, 0) is 36.1 Å². The Morgan fingerprint density at radius 2 is 1.78 bits per heavy atom. The van der Waals surface area contributed by atoms with Gasteiger partial charge >= 0.3 is 0 Å². The smallest absolute Gasteiger partial charge is 0.122 e. The summed E-state index contributed by atoms with van der Waals surface area (Å²) in [5.41, 5.74) is 9.23. The van der Waals surface area contributed by atoms with Crippen molar-refractivity contribution >= 4 is 0 Å². The van der Waals surface area contributed by atoms with Crippen molar-refractivity contribution in [2.75, 3.05) is 13.2 Å². The van der Waals surface area contributed by atoms with Crippen LogP contribution in [0.15, 0.2) is 48.5 Å². The van der Waals surface area contributed by atoms with Crippen LogP contribution in [-0.2, 0) is 6.42 Å². The Morgan fingerprint density at radius 3 is 2.44 bits per heavy atom. The van der Waals surface area contributed by atoms with Crippen LogP contribution in [0.3, 0.4) is 0 Å². The van der Waals surface area contributed by atoms with Crippen molar-refractivity contribution in [3.63, 3.8) is 0 Å².